The SMILES string of the molecule is CNC(NC)=C(c1nc2ccccc2s1)[N+](=O)[O-]. The van der Waals surface area contributed by atoms with Crippen LogP contribution in [-0.2, 0) is 0 Å². The minimum absolute atomic E-state index is 0.0406. The average molecular weight is 264 g/mol. The molecule has 2 rings (SSSR count). The van der Waals surface area contributed by atoms with Crippen molar-refractivity contribution < 1.29 is 4.92 Å². The van der Waals surface area contributed by atoms with E-state index in [0.717, 1.165) is 10.2 Å². The number of nitrogens with one attached hydrogen (secondary N) is 2. The predicted molar refractivity (Wildman–Crippen MR) is 71.7 cm³/mol. The van der Waals surface area contributed by atoms with Crippen LogP contribution < -0.4 is 10.6 Å². The zero-order valence-corrected chi connectivity index (χ0v) is 10.7. The number of hydrogen-bond acceptors (Lipinski definition) is 6. The van der Waals surface area contributed by atoms with Crippen molar-refractivity contribution >= 4 is 27.3 Å². The van der Waals surface area contributed by atoms with E-state index < -0.39 is 4.92 Å². The summed E-state index contributed by atoms with van der Waals surface area (Å²) >= 11 is 1.30. The largest absolute Gasteiger partial charge is 0.369 e. The van der Waals surface area contributed by atoms with Crippen LogP contribution in [0.1, 0.15) is 5.01 Å². The first-order valence-electron chi connectivity index (χ1n) is 5.27. The molecule has 1 aromatic carbocycles. The van der Waals surface area contributed by atoms with Crippen LogP contribution >= 0.6 is 11.3 Å². The van der Waals surface area contributed by atoms with E-state index in [9.17, 15) is 10.1 Å². The maximum Gasteiger partial charge on any atom is 0.344 e. The van der Waals surface area contributed by atoms with E-state index in [0.29, 0.717) is 10.8 Å². The molecule has 1 heterocycles. The van der Waals surface area contributed by atoms with Gasteiger partial charge in [-0.2, -0.15) is 0 Å². The number of nitrogens with zero attached hydrogens (tertiary/aromatic N) is 2. The molecular weight excluding hydrogens is 252 g/mol. The van der Waals surface area contributed by atoms with Gasteiger partial charge >= 0.3 is 5.70 Å². The molecule has 6 nitrogen and oxygen atoms in total. The summed E-state index contributed by atoms with van der Waals surface area (Å²) in [5.41, 5.74) is 0.726. The lowest BCUT2D eigenvalue weighted by atomic mass is 10.3. The number of hydrogen-bond donors (Lipinski definition) is 2. The molecule has 0 aliphatic rings. The molecule has 2 aromatic rings. The van der Waals surface area contributed by atoms with Crippen LogP contribution in [0.4, 0.5) is 0 Å². The average Bonchev–Trinajstić information content (AvgIpc) is 2.77. The van der Waals surface area contributed by atoms with E-state index >= 15 is 0 Å². The number of thiazole rings is 1. The van der Waals surface area contributed by atoms with Gasteiger partial charge in [0.15, 0.2) is 10.8 Å². The summed E-state index contributed by atoms with van der Waals surface area (Å²) < 4.78 is 0.929. The highest BCUT2D eigenvalue weighted by molar-refractivity contribution is 7.19. The third kappa shape index (κ3) is 2.12. The maximum absolute atomic E-state index is 11.2. The van der Waals surface area contributed by atoms with Crippen molar-refractivity contribution in [3.63, 3.8) is 0 Å². The Bertz CT molecular complexity index is 581. The van der Waals surface area contributed by atoms with Crippen LogP contribution in [0.3, 0.4) is 0 Å². The molecule has 0 unspecified atom stereocenters. The molecule has 0 amide bonds. The van der Waals surface area contributed by atoms with Crippen LogP contribution in [-0.4, -0.2) is 24.0 Å². The quantitative estimate of drug-likeness (QED) is 0.648. The number of rotatable bonds is 4. The summed E-state index contributed by atoms with van der Waals surface area (Å²) in [5.74, 6) is 0.346. The molecule has 0 aliphatic carbocycles. The van der Waals surface area contributed by atoms with Crippen molar-refractivity contribution in [3.8, 4) is 0 Å². The zero-order chi connectivity index (χ0) is 13.1. The Balaban J connectivity index is 2.62. The summed E-state index contributed by atoms with van der Waals surface area (Å²) in [6.45, 7) is 0. The Hall–Kier alpha value is -2.15. The highest BCUT2D eigenvalue weighted by Crippen LogP contribution is 2.27. The van der Waals surface area contributed by atoms with Gasteiger partial charge in [0.05, 0.1) is 15.1 Å². The molecule has 0 saturated heterocycles. The molecule has 0 spiro atoms. The lowest BCUT2D eigenvalue weighted by Gasteiger charge is -2.05. The maximum atomic E-state index is 11.2. The summed E-state index contributed by atoms with van der Waals surface area (Å²) in [6.07, 6.45) is 0. The van der Waals surface area contributed by atoms with Gasteiger partial charge in [0, 0.05) is 14.1 Å². The molecule has 0 aliphatic heterocycles. The number of aromatic nitrogens is 1. The summed E-state index contributed by atoms with van der Waals surface area (Å²) in [7, 11) is 3.26. The van der Waals surface area contributed by atoms with Gasteiger partial charge in [0.25, 0.3) is 0 Å². The van der Waals surface area contributed by atoms with E-state index in [4.69, 9.17) is 0 Å². The molecule has 18 heavy (non-hydrogen) atoms. The standard InChI is InChI=1S/C11H12N4O2S/c1-12-10(13-2)9(15(16)17)11-14-7-5-3-4-6-8(7)18-11/h3-6,12-13H,1-2H3. The predicted octanol–water partition coefficient (Wildman–Crippen LogP) is 1.64. The van der Waals surface area contributed by atoms with Crippen LogP contribution in [0.15, 0.2) is 30.1 Å². The number of benzene rings is 1. The first-order valence-corrected chi connectivity index (χ1v) is 6.09. The first kappa shape index (κ1) is 12.3. The topological polar surface area (TPSA) is 80.1 Å². The number of fused-ring (bicyclic) bond motifs is 1. The van der Waals surface area contributed by atoms with Gasteiger partial charge in [0.2, 0.25) is 0 Å². The van der Waals surface area contributed by atoms with E-state index in [1.54, 1.807) is 14.1 Å². The van der Waals surface area contributed by atoms with Crippen LogP contribution in [0, 0.1) is 10.1 Å². The molecule has 1 aromatic heterocycles. The number of para-hydroxylation sites is 1. The molecule has 0 saturated carbocycles. The Morgan fingerprint density at radius 1 is 1.33 bits per heavy atom. The lowest BCUT2D eigenvalue weighted by molar-refractivity contribution is -0.376. The Morgan fingerprint density at radius 3 is 2.56 bits per heavy atom. The smallest absolute Gasteiger partial charge is 0.344 e. The van der Waals surface area contributed by atoms with Crippen molar-refractivity contribution in [2.45, 2.75) is 0 Å². The number of nitro groups is 1. The molecule has 94 valence electrons. The van der Waals surface area contributed by atoms with Gasteiger partial charge in [-0.05, 0) is 12.1 Å². The van der Waals surface area contributed by atoms with Crippen molar-refractivity contribution in [1.82, 2.24) is 15.6 Å². The molecule has 0 fully saturated rings. The fourth-order valence-electron chi connectivity index (χ4n) is 1.61. The highest BCUT2D eigenvalue weighted by Gasteiger charge is 2.24. The third-order valence-electron chi connectivity index (χ3n) is 2.42. The minimum atomic E-state index is -0.431. The van der Waals surface area contributed by atoms with Gasteiger partial charge < -0.3 is 10.6 Å². The van der Waals surface area contributed by atoms with Crippen LogP contribution in [0.25, 0.3) is 15.9 Å². The van der Waals surface area contributed by atoms with Gasteiger partial charge in [0.1, 0.15) is 0 Å². The van der Waals surface area contributed by atoms with Crippen molar-refractivity contribution in [2.24, 2.45) is 0 Å². The van der Waals surface area contributed by atoms with Crippen molar-refractivity contribution in [2.75, 3.05) is 14.1 Å². The zero-order valence-electron chi connectivity index (χ0n) is 9.93. The van der Waals surface area contributed by atoms with Gasteiger partial charge in [-0.1, -0.05) is 12.1 Å². The van der Waals surface area contributed by atoms with E-state index in [1.807, 2.05) is 24.3 Å². The Kier molecular flexibility index (Phi) is 3.42. The second-order valence-corrected chi connectivity index (χ2v) is 4.50. The molecule has 2 N–H and O–H groups in total. The summed E-state index contributed by atoms with van der Waals surface area (Å²) in [6, 6.07) is 7.48. The third-order valence-corrected chi connectivity index (χ3v) is 3.46. The Morgan fingerprint density at radius 2 is 2.00 bits per heavy atom. The van der Waals surface area contributed by atoms with Crippen molar-refractivity contribution in [1.29, 1.82) is 0 Å². The summed E-state index contributed by atoms with van der Waals surface area (Å²) in [4.78, 5) is 15.0. The van der Waals surface area contributed by atoms with Crippen LogP contribution in [0.5, 0.6) is 0 Å². The fourth-order valence-corrected chi connectivity index (χ4v) is 2.60. The molecular formula is C11H12N4O2S. The fraction of sp³-hybridized carbons (Fsp3) is 0.182. The molecule has 0 atom stereocenters. The molecule has 7 heteroatoms. The van der Waals surface area contributed by atoms with Crippen LogP contribution in [0.2, 0.25) is 0 Å². The minimum Gasteiger partial charge on any atom is -0.369 e. The van der Waals surface area contributed by atoms with Gasteiger partial charge in [-0.3, -0.25) is 10.1 Å². The molecule has 0 bridgehead atoms. The summed E-state index contributed by atoms with van der Waals surface area (Å²) in [5, 5.41) is 17.1. The van der Waals surface area contributed by atoms with E-state index in [2.05, 4.69) is 15.6 Å². The van der Waals surface area contributed by atoms with Crippen molar-refractivity contribution in [3.05, 3.63) is 45.2 Å². The first-order chi connectivity index (χ1) is 8.67. The Labute approximate surface area is 107 Å². The lowest BCUT2D eigenvalue weighted by Crippen LogP contribution is -2.23. The normalized spacial score (nSPS) is 10.1. The second kappa shape index (κ2) is 5.01. The van der Waals surface area contributed by atoms with Gasteiger partial charge in [-0.25, -0.2) is 4.98 Å². The van der Waals surface area contributed by atoms with Gasteiger partial charge in [-0.15, -0.1) is 11.3 Å². The van der Waals surface area contributed by atoms with E-state index in [1.165, 1.54) is 11.3 Å². The second-order valence-electron chi connectivity index (χ2n) is 3.47. The monoisotopic (exact) mass is 264 g/mol. The van der Waals surface area contributed by atoms with E-state index in [-0.39, 0.29) is 5.70 Å². The highest BCUT2D eigenvalue weighted by atomic mass is 32.1. The molecule has 0 radical (unpaired) electrons.